The first-order chi connectivity index (χ1) is 7.11. The molecule has 5 heteroatoms. The number of carbonyl (C=O) groups excluding carboxylic acids is 2. The van der Waals surface area contributed by atoms with E-state index in [0.29, 0.717) is 19.6 Å². The van der Waals surface area contributed by atoms with E-state index in [-0.39, 0.29) is 12.5 Å². The molecule has 0 radical (unpaired) electrons. The lowest BCUT2D eigenvalue weighted by molar-refractivity contribution is -0.157. The van der Waals surface area contributed by atoms with E-state index in [2.05, 4.69) is 0 Å². The highest BCUT2D eigenvalue weighted by Crippen LogP contribution is 2.10. The fourth-order valence-electron chi connectivity index (χ4n) is 1.65. The first-order valence-corrected chi connectivity index (χ1v) is 5.08. The molecular weight excluding hydrogens is 194 g/mol. The van der Waals surface area contributed by atoms with Crippen LogP contribution in [0.15, 0.2) is 0 Å². The average Bonchev–Trinajstić information content (AvgIpc) is 2.22. The number of piperazine rings is 1. The van der Waals surface area contributed by atoms with E-state index in [1.54, 1.807) is 6.92 Å². The zero-order valence-corrected chi connectivity index (χ0v) is 9.06. The second-order valence-corrected chi connectivity index (χ2v) is 3.59. The van der Waals surface area contributed by atoms with Crippen molar-refractivity contribution in [2.75, 3.05) is 19.6 Å². The average molecular weight is 209 g/mol. The van der Waals surface area contributed by atoms with Crippen LogP contribution in [0.2, 0.25) is 0 Å². The van der Waals surface area contributed by atoms with Crippen molar-refractivity contribution in [3.63, 3.8) is 0 Å². The van der Waals surface area contributed by atoms with Gasteiger partial charge in [0.1, 0.15) is 0 Å². The van der Waals surface area contributed by atoms with Crippen molar-refractivity contribution in [1.82, 2.24) is 9.80 Å². The molecule has 1 heterocycles. The van der Waals surface area contributed by atoms with Crippen molar-refractivity contribution in [1.29, 1.82) is 5.26 Å². The Hall–Kier alpha value is -1.57. The van der Waals surface area contributed by atoms with Gasteiger partial charge in [-0.05, 0) is 13.8 Å². The lowest BCUT2D eigenvalue weighted by Gasteiger charge is -2.35. The summed E-state index contributed by atoms with van der Waals surface area (Å²) in [7, 11) is 0. The van der Waals surface area contributed by atoms with Crippen molar-refractivity contribution in [3.05, 3.63) is 0 Å². The van der Waals surface area contributed by atoms with Gasteiger partial charge in [0.15, 0.2) is 0 Å². The van der Waals surface area contributed by atoms with Crippen LogP contribution in [-0.2, 0) is 9.59 Å². The van der Waals surface area contributed by atoms with E-state index in [1.165, 1.54) is 9.80 Å². The molecule has 1 saturated heterocycles. The Morgan fingerprint density at radius 1 is 1.40 bits per heavy atom. The highest BCUT2D eigenvalue weighted by molar-refractivity contribution is 6.35. The summed E-state index contributed by atoms with van der Waals surface area (Å²) in [4.78, 5) is 26.2. The highest BCUT2D eigenvalue weighted by atomic mass is 16.2. The van der Waals surface area contributed by atoms with Gasteiger partial charge in [0.25, 0.3) is 0 Å². The molecule has 0 spiro atoms. The molecule has 5 nitrogen and oxygen atoms in total. The number of rotatable bonds is 3. The number of nitriles is 1. The predicted molar refractivity (Wildman–Crippen MR) is 53.7 cm³/mol. The molecule has 1 atom stereocenters. The second-order valence-electron chi connectivity index (χ2n) is 3.59. The molecule has 0 aliphatic carbocycles. The van der Waals surface area contributed by atoms with Crippen LogP contribution < -0.4 is 0 Å². The van der Waals surface area contributed by atoms with Crippen molar-refractivity contribution in [3.8, 4) is 6.07 Å². The Labute approximate surface area is 89.3 Å². The van der Waals surface area contributed by atoms with Crippen LogP contribution in [0.1, 0.15) is 20.3 Å². The molecule has 0 saturated carbocycles. The predicted octanol–water partition coefficient (Wildman–Crippen LogP) is -0.0207. The van der Waals surface area contributed by atoms with Crippen LogP contribution in [0.3, 0.4) is 0 Å². The van der Waals surface area contributed by atoms with Crippen LogP contribution >= 0.6 is 0 Å². The fraction of sp³-hybridized carbons (Fsp3) is 0.700. The van der Waals surface area contributed by atoms with Gasteiger partial charge in [0.05, 0.1) is 12.5 Å². The molecular formula is C10H15N3O2. The molecule has 0 N–H and O–H groups in total. The van der Waals surface area contributed by atoms with Gasteiger partial charge in [-0.1, -0.05) is 0 Å². The summed E-state index contributed by atoms with van der Waals surface area (Å²) in [6, 6.07) is 1.83. The largest absolute Gasteiger partial charge is 0.333 e. The van der Waals surface area contributed by atoms with Crippen LogP contribution in [0, 0.1) is 11.3 Å². The molecule has 15 heavy (non-hydrogen) atoms. The Bertz CT molecular complexity index is 308. The minimum absolute atomic E-state index is 0.176. The van der Waals surface area contributed by atoms with Crippen LogP contribution in [0.4, 0.5) is 0 Å². The van der Waals surface area contributed by atoms with Gasteiger partial charge in [-0.15, -0.1) is 0 Å². The summed E-state index contributed by atoms with van der Waals surface area (Å²) >= 11 is 0. The maximum atomic E-state index is 11.6. The molecule has 1 rings (SSSR count). The third-order valence-corrected chi connectivity index (χ3v) is 2.64. The number of hydrogen-bond acceptors (Lipinski definition) is 3. The molecule has 82 valence electrons. The van der Waals surface area contributed by atoms with Gasteiger partial charge in [-0.25, -0.2) is 0 Å². The van der Waals surface area contributed by atoms with Crippen LogP contribution in [0.5, 0.6) is 0 Å². The zero-order valence-electron chi connectivity index (χ0n) is 9.06. The standard InChI is InChI=1S/C10H15N3O2/c1-3-12-6-7-13(8(2)4-5-11)10(15)9(12)14/h8H,3-4,6-7H2,1-2H3. The Balaban J connectivity index is 2.69. The number of likely N-dealkylation sites (N-methyl/N-ethyl adjacent to an activating group) is 1. The van der Waals surface area contributed by atoms with Gasteiger partial charge in [-0.2, -0.15) is 5.26 Å². The van der Waals surface area contributed by atoms with Gasteiger partial charge < -0.3 is 9.80 Å². The van der Waals surface area contributed by atoms with Gasteiger partial charge >= 0.3 is 11.8 Å². The summed E-state index contributed by atoms with van der Waals surface area (Å²) in [6.45, 7) is 5.29. The van der Waals surface area contributed by atoms with E-state index in [4.69, 9.17) is 5.26 Å². The molecule has 0 aromatic heterocycles. The molecule has 0 bridgehead atoms. The molecule has 2 amide bonds. The van der Waals surface area contributed by atoms with Crippen molar-refractivity contribution in [2.24, 2.45) is 0 Å². The maximum Gasteiger partial charge on any atom is 0.312 e. The fourth-order valence-corrected chi connectivity index (χ4v) is 1.65. The third-order valence-electron chi connectivity index (χ3n) is 2.64. The Morgan fingerprint density at radius 2 is 2.07 bits per heavy atom. The van der Waals surface area contributed by atoms with E-state index < -0.39 is 11.8 Å². The summed E-state index contributed by atoms with van der Waals surface area (Å²) in [5.74, 6) is -0.931. The number of nitrogens with zero attached hydrogens (tertiary/aromatic N) is 3. The quantitative estimate of drug-likeness (QED) is 0.613. The van der Waals surface area contributed by atoms with Crippen LogP contribution in [-0.4, -0.2) is 47.3 Å². The minimum atomic E-state index is -0.481. The Morgan fingerprint density at radius 3 is 2.60 bits per heavy atom. The molecule has 1 aliphatic heterocycles. The maximum absolute atomic E-state index is 11.6. The molecule has 1 unspecified atom stereocenters. The first-order valence-electron chi connectivity index (χ1n) is 5.08. The molecule has 1 fully saturated rings. The van der Waals surface area contributed by atoms with E-state index in [9.17, 15) is 9.59 Å². The zero-order chi connectivity index (χ0) is 11.4. The van der Waals surface area contributed by atoms with Gasteiger partial charge in [-0.3, -0.25) is 9.59 Å². The number of amides is 2. The van der Waals surface area contributed by atoms with E-state index in [0.717, 1.165) is 0 Å². The van der Waals surface area contributed by atoms with Gasteiger partial charge in [0.2, 0.25) is 0 Å². The van der Waals surface area contributed by atoms with E-state index in [1.807, 2.05) is 13.0 Å². The third kappa shape index (κ3) is 2.27. The lowest BCUT2D eigenvalue weighted by Crippen LogP contribution is -2.56. The highest BCUT2D eigenvalue weighted by Gasteiger charge is 2.33. The van der Waals surface area contributed by atoms with Crippen molar-refractivity contribution in [2.45, 2.75) is 26.3 Å². The monoisotopic (exact) mass is 209 g/mol. The lowest BCUT2D eigenvalue weighted by atomic mass is 10.1. The molecule has 0 aromatic rings. The van der Waals surface area contributed by atoms with E-state index >= 15 is 0 Å². The smallest absolute Gasteiger partial charge is 0.312 e. The van der Waals surface area contributed by atoms with Crippen LogP contribution in [0.25, 0.3) is 0 Å². The topological polar surface area (TPSA) is 64.4 Å². The van der Waals surface area contributed by atoms with Crippen molar-refractivity contribution >= 4 is 11.8 Å². The summed E-state index contributed by atoms with van der Waals surface area (Å²) in [6.07, 6.45) is 0.269. The first kappa shape index (κ1) is 11.5. The van der Waals surface area contributed by atoms with Gasteiger partial charge in [0, 0.05) is 25.7 Å². The Kier molecular flexibility index (Phi) is 3.67. The number of carbonyl (C=O) groups is 2. The summed E-state index contributed by atoms with van der Waals surface area (Å²) in [5, 5.41) is 8.53. The molecule has 1 aliphatic rings. The van der Waals surface area contributed by atoms with Crippen molar-refractivity contribution < 1.29 is 9.59 Å². The summed E-state index contributed by atoms with van der Waals surface area (Å²) < 4.78 is 0. The SMILES string of the molecule is CCN1CCN(C(C)CC#N)C(=O)C1=O. The normalized spacial score (nSPS) is 19.0. The molecule has 0 aromatic carbocycles. The number of hydrogen-bond donors (Lipinski definition) is 0. The summed E-state index contributed by atoms with van der Waals surface area (Å²) in [5.41, 5.74) is 0. The second kappa shape index (κ2) is 4.78. The minimum Gasteiger partial charge on any atom is -0.333 e.